The van der Waals surface area contributed by atoms with Crippen molar-refractivity contribution < 1.29 is 4.52 Å². The third-order valence-electron chi connectivity index (χ3n) is 4.88. The molecule has 28 heavy (non-hydrogen) atoms. The highest BCUT2D eigenvalue weighted by Crippen LogP contribution is 2.37. The van der Waals surface area contributed by atoms with Crippen molar-refractivity contribution in [2.75, 3.05) is 0 Å². The van der Waals surface area contributed by atoms with Crippen molar-refractivity contribution in [3.05, 3.63) is 40.9 Å². The molecule has 4 heterocycles. The molecule has 6 nitrogen and oxygen atoms in total. The van der Waals surface area contributed by atoms with Crippen LogP contribution in [0.25, 0.3) is 21.4 Å². The Kier molecular flexibility index (Phi) is 5.28. The Hall–Kier alpha value is -1.97. The molecular formula is C19H19N5OS3. The van der Waals surface area contributed by atoms with Gasteiger partial charge < -0.3 is 4.52 Å². The van der Waals surface area contributed by atoms with E-state index in [9.17, 15) is 0 Å². The number of hydrogen-bond donors (Lipinski definition) is 0. The Morgan fingerprint density at radius 2 is 1.82 bits per heavy atom. The van der Waals surface area contributed by atoms with Gasteiger partial charge in [0.1, 0.15) is 0 Å². The molecule has 0 amide bonds. The maximum atomic E-state index is 5.44. The van der Waals surface area contributed by atoms with Crippen LogP contribution in [0.5, 0.6) is 0 Å². The lowest BCUT2D eigenvalue weighted by atomic mass is 9.95. The summed E-state index contributed by atoms with van der Waals surface area (Å²) in [5.74, 6) is 2.84. The average molecular weight is 430 g/mol. The summed E-state index contributed by atoms with van der Waals surface area (Å²) in [5.41, 5.74) is 0. The number of hydrogen-bond acceptors (Lipinski definition) is 8. The van der Waals surface area contributed by atoms with Gasteiger partial charge in [-0.3, -0.25) is 4.57 Å². The molecule has 4 aromatic heterocycles. The first-order valence-electron chi connectivity index (χ1n) is 9.36. The molecule has 1 aliphatic carbocycles. The average Bonchev–Trinajstić information content (AvgIpc) is 3.53. The van der Waals surface area contributed by atoms with Crippen LogP contribution in [-0.4, -0.2) is 24.9 Å². The number of thiophene rings is 2. The van der Waals surface area contributed by atoms with Gasteiger partial charge in [0.2, 0.25) is 11.7 Å². The molecule has 0 N–H and O–H groups in total. The molecule has 9 heteroatoms. The van der Waals surface area contributed by atoms with Crippen LogP contribution < -0.4 is 0 Å². The summed E-state index contributed by atoms with van der Waals surface area (Å²) in [6.45, 7) is 0. The van der Waals surface area contributed by atoms with Crippen molar-refractivity contribution in [3.8, 4) is 21.4 Å². The fourth-order valence-corrected chi connectivity index (χ4v) is 5.76. The first-order valence-corrected chi connectivity index (χ1v) is 12.1. The number of aromatic nitrogens is 5. The topological polar surface area (TPSA) is 69.6 Å². The van der Waals surface area contributed by atoms with E-state index in [1.54, 1.807) is 34.4 Å². The Labute approximate surface area is 175 Å². The largest absolute Gasteiger partial charge is 0.338 e. The van der Waals surface area contributed by atoms with Crippen molar-refractivity contribution in [3.63, 3.8) is 0 Å². The minimum Gasteiger partial charge on any atom is -0.338 e. The van der Waals surface area contributed by atoms with E-state index in [2.05, 4.69) is 42.4 Å². The summed E-state index contributed by atoms with van der Waals surface area (Å²) < 4.78 is 7.78. The molecule has 0 aromatic carbocycles. The molecule has 0 unspecified atom stereocenters. The van der Waals surface area contributed by atoms with Gasteiger partial charge in [0.15, 0.2) is 11.0 Å². The molecular weight excluding hydrogens is 410 g/mol. The lowest BCUT2D eigenvalue weighted by molar-refractivity contribution is 0.339. The first kappa shape index (κ1) is 18.1. The van der Waals surface area contributed by atoms with Crippen LogP contribution in [0.3, 0.4) is 0 Å². The molecule has 1 saturated carbocycles. The molecule has 0 saturated heterocycles. The summed E-state index contributed by atoms with van der Waals surface area (Å²) in [6.07, 6.45) is 6.23. The highest BCUT2D eigenvalue weighted by molar-refractivity contribution is 7.98. The van der Waals surface area contributed by atoms with Gasteiger partial charge in [0, 0.05) is 6.04 Å². The van der Waals surface area contributed by atoms with Crippen LogP contribution in [0.1, 0.15) is 44.0 Å². The molecule has 0 aliphatic heterocycles. The lowest BCUT2D eigenvalue weighted by Gasteiger charge is -2.25. The Bertz CT molecular complexity index is 1020. The van der Waals surface area contributed by atoms with Gasteiger partial charge in [0.05, 0.1) is 15.5 Å². The van der Waals surface area contributed by atoms with Gasteiger partial charge in [-0.1, -0.05) is 48.3 Å². The lowest BCUT2D eigenvalue weighted by Crippen LogP contribution is -2.15. The molecule has 0 bridgehead atoms. The number of rotatable bonds is 6. The molecule has 144 valence electrons. The maximum absolute atomic E-state index is 5.44. The summed E-state index contributed by atoms with van der Waals surface area (Å²) in [6, 6.07) is 8.64. The van der Waals surface area contributed by atoms with Gasteiger partial charge in [-0.25, -0.2) is 0 Å². The molecule has 0 radical (unpaired) electrons. The second-order valence-corrected chi connectivity index (χ2v) is 9.56. The van der Waals surface area contributed by atoms with E-state index < -0.39 is 0 Å². The minimum absolute atomic E-state index is 0.465. The van der Waals surface area contributed by atoms with E-state index in [1.807, 2.05) is 17.5 Å². The highest BCUT2D eigenvalue weighted by Gasteiger charge is 2.24. The zero-order valence-corrected chi connectivity index (χ0v) is 17.6. The van der Waals surface area contributed by atoms with E-state index >= 15 is 0 Å². The predicted octanol–water partition coefficient (Wildman–Crippen LogP) is 5.92. The Balaban J connectivity index is 1.39. The van der Waals surface area contributed by atoms with Gasteiger partial charge in [0.25, 0.3) is 0 Å². The summed E-state index contributed by atoms with van der Waals surface area (Å²) in [4.78, 5) is 6.71. The summed E-state index contributed by atoms with van der Waals surface area (Å²) in [5, 5.41) is 18.2. The van der Waals surface area contributed by atoms with Crippen molar-refractivity contribution >= 4 is 34.4 Å². The van der Waals surface area contributed by atoms with Gasteiger partial charge in [-0.2, -0.15) is 4.98 Å². The molecule has 0 atom stereocenters. The van der Waals surface area contributed by atoms with Crippen LogP contribution in [0.2, 0.25) is 0 Å². The van der Waals surface area contributed by atoms with Crippen molar-refractivity contribution in [2.24, 2.45) is 0 Å². The third kappa shape index (κ3) is 3.66. The molecule has 4 aromatic rings. The van der Waals surface area contributed by atoms with Gasteiger partial charge in [-0.15, -0.1) is 32.9 Å². The minimum atomic E-state index is 0.465. The molecule has 1 fully saturated rings. The number of nitrogens with zero attached hydrogens (tertiary/aromatic N) is 5. The second kappa shape index (κ2) is 8.18. The molecule has 5 rings (SSSR count). The van der Waals surface area contributed by atoms with Crippen LogP contribution in [-0.2, 0) is 5.75 Å². The van der Waals surface area contributed by atoms with Crippen molar-refractivity contribution in [1.29, 1.82) is 0 Å². The maximum Gasteiger partial charge on any atom is 0.237 e. The van der Waals surface area contributed by atoms with E-state index in [-0.39, 0.29) is 0 Å². The van der Waals surface area contributed by atoms with E-state index in [4.69, 9.17) is 4.52 Å². The first-order chi connectivity index (χ1) is 13.9. The summed E-state index contributed by atoms with van der Waals surface area (Å²) in [7, 11) is 0. The SMILES string of the molecule is c1csc(-c2noc(CSc3nnc(-c4cccs4)n3C3CCCCC3)n2)c1. The predicted molar refractivity (Wildman–Crippen MR) is 113 cm³/mol. The van der Waals surface area contributed by atoms with E-state index in [0.29, 0.717) is 23.5 Å². The van der Waals surface area contributed by atoms with Crippen LogP contribution in [0, 0.1) is 0 Å². The fourth-order valence-electron chi connectivity index (χ4n) is 3.56. The Morgan fingerprint density at radius 1 is 1.04 bits per heavy atom. The highest BCUT2D eigenvalue weighted by atomic mass is 32.2. The third-order valence-corrected chi connectivity index (χ3v) is 7.54. The van der Waals surface area contributed by atoms with E-state index in [1.165, 1.54) is 37.0 Å². The number of thioether (sulfide) groups is 1. The standard InChI is InChI=1S/C19H19N5OS3/c1-2-6-13(7-3-1)24-18(15-9-5-11-27-15)21-22-19(24)28-12-16-20-17(23-25-16)14-8-4-10-26-14/h4-5,8-11,13H,1-3,6-7,12H2. The van der Waals surface area contributed by atoms with Crippen LogP contribution >= 0.6 is 34.4 Å². The smallest absolute Gasteiger partial charge is 0.237 e. The van der Waals surface area contributed by atoms with E-state index in [0.717, 1.165) is 15.9 Å². The molecule has 1 aliphatic rings. The van der Waals surface area contributed by atoms with Gasteiger partial charge in [-0.05, 0) is 35.7 Å². The zero-order valence-electron chi connectivity index (χ0n) is 15.2. The zero-order chi connectivity index (χ0) is 18.8. The normalized spacial score (nSPS) is 15.3. The summed E-state index contributed by atoms with van der Waals surface area (Å²) >= 11 is 4.94. The van der Waals surface area contributed by atoms with Crippen molar-refractivity contribution in [2.45, 2.75) is 49.1 Å². The Morgan fingerprint density at radius 3 is 2.57 bits per heavy atom. The monoisotopic (exact) mass is 429 g/mol. The van der Waals surface area contributed by atoms with Crippen LogP contribution in [0.15, 0.2) is 44.7 Å². The quantitative estimate of drug-likeness (QED) is 0.355. The fraction of sp³-hybridized carbons (Fsp3) is 0.368. The van der Waals surface area contributed by atoms with Crippen LogP contribution in [0.4, 0.5) is 0 Å². The molecule has 0 spiro atoms. The van der Waals surface area contributed by atoms with Crippen molar-refractivity contribution in [1.82, 2.24) is 24.9 Å². The van der Waals surface area contributed by atoms with Gasteiger partial charge >= 0.3 is 0 Å². The second-order valence-electron chi connectivity index (χ2n) is 6.72.